The summed E-state index contributed by atoms with van der Waals surface area (Å²) in [4.78, 5) is 4.32. The van der Waals surface area contributed by atoms with Gasteiger partial charge in [0, 0.05) is 12.6 Å². The monoisotopic (exact) mass is 198 g/mol. The predicted octanol–water partition coefficient (Wildman–Crippen LogP) is 0.994. The Kier molecular flexibility index (Phi) is 4.73. The van der Waals surface area contributed by atoms with Gasteiger partial charge in [-0.15, -0.1) is 0 Å². The summed E-state index contributed by atoms with van der Waals surface area (Å²) in [7, 11) is 0. The van der Waals surface area contributed by atoms with Crippen LogP contribution in [-0.4, -0.2) is 18.5 Å². The normalized spacial score (nSPS) is 27.8. The maximum atomic E-state index is 5.38. The van der Waals surface area contributed by atoms with Gasteiger partial charge >= 0.3 is 0 Å². The summed E-state index contributed by atoms with van der Waals surface area (Å²) in [5.41, 5.74) is 2.62. The highest BCUT2D eigenvalue weighted by molar-refractivity contribution is 5.79. The van der Waals surface area contributed by atoms with E-state index in [-0.39, 0.29) is 0 Å². The fraction of sp³-hybridized carbons (Fsp3) is 0.900. The molecule has 0 aromatic heterocycles. The van der Waals surface area contributed by atoms with E-state index in [0.29, 0.717) is 6.04 Å². The molecule has 1 saturated carbocycles. The summed E-state index contributed by atoms with van der Waals surface area (Å²) >= 11 is 0. The van der Waals surface area contributed by atoms with Crippen molar-refractivity contribution in [1.82, 2.24) is 10.7 Å². The number of nitrogens with zero attached hydrogens (tertiary/aromatic N) is 1. The number of rotatable bonds is 3. The molecule has 2 atom stereocenters. The Morgan fingerprint density at radius 1 is 1.50 bits per heavy atom. The van der Waals surface area contributed by atoms with Crippen LogP contribution in [0.25, 0.3) is 0 Å². The second kappa shape index (κ2) is 5.86. The third kappa shape index (κ3) is 3.54. The first kappa shape index (κ1) is 11.3. The van der Waals surface area contributed by atoms with E-state index in [1.165, 1.54) is 19.3 Å². The minimum absolute atomic E-state index is 0.552. The van der Waals surface area contributed by atoms with Crippen LogP contribution in [0.5, 0.6) is 0 Å². The van der Waals surface area contributed by atoms with Crippen LogP contribution < -0.4 is 16.6 Å². The highest BCUT2D eigenvalue weighted by atomic mass is 15.3. The quantitative estimate of drug-likeness (QED) is 0.274. The molecule has 0 aromatic carbocycles. The number of hydrazine groups is 1. The Hall–Kier alpha value is -0.770. The topological polar surface area (TPSA) is 62.4 Å². The average Bonchev–Trinajstić information content (AvgIpc) is 2.58. The van der Waals surface area contributed by atoms with Crippen molar-refractivity contribution in [3.8, 4) is 0 Å². The first-order chi connectivity index (χ1) is 6.76. The fourth-order valence-electron chi connectivity index (χ4n) is 1.89. The number of hydrogen-bond donors (Lipinski definition) is 3. The van der Waals surface area contributed by atoms with Gasteiger partial charge in [0.25, 0.3) is 0 Å². The molecule has 0 saturated heterocycles. The second-order valence-electron chi connectivity index (χ2n) is 4.13. The third-order valence-electron chi connectivity index (χ3n) is 2.67. The molecular formula is C10H22N4. The summed E-state index contributed by atoms with van der Waals surface area (Å²) in [6.45, 7) is 5.23. The van der Waals surface area contributed by atoms with Gasteiger partial charge in [0.15, 0.2) is 0 Å². The first-order valence-corrected chi connectivity index (χ1v) is 5.53. The second-order valence-corrected chi connectivity index (χ2v) is 4.13. The summed E-state index contributed by atoms with van der Waals surface area (Å²) in [5, 5.41) is 3.34. The molecule has 4 N–H and O–H groups in total. The summed E-state index contributed by atoms with van der Waals surface area (Å²) in [6.07, 6.45) is 4.82. The van der Waals surface area contributed by atoms with Gasteiger partial charge in [-0.2, -0.15) is 0 Å². The smallest absolute Gasteiger partial charge is 0.205 e. The molecular weight excluding hydrogens is 176 g/mol. The summed E-state index contributed by atoms with van der Waals surface area (Å²) < 4.78 is 0. The summed E-state index contributed by atoms with van der Waals surface area (Å²) in [6, 6.07) is 0.552. The standard InChI is InChI=1S/C10H22N4/c1-3-6-12-10(14-11)13-9-5-4-8(2)7-9/h8-9H,3-7,11H2,1-2H3,(H2,12,13,14). The Morgan fingerprint density at radius 2 is 2.29 bits per heavy atom. The average molecular weight is 198 g/mol. The largest absolute Gasteiger partial charge is 0.353 e. The van der Waals surface area contributed by atoms with Gasteiger partial charge < -0.3 is 5.32 Å². The van der Waals surface area contributed by atoms with Gasteiger partial charge in [-0.05, 0) is 31.6 Å². The maximum Gasteiger partial charge on any atom is 0.205 e. The van der Waals surface area contributed by atoms with Crippen LogP contribution in [0.15, 0.2) is 4.99 Å². The van der Waals surface area contributed by atoms with Gasteiger partial charge in [-0.25, -0.2) is 5.84 Å². The Labute approximate surface area is 86.3 Å². The van der Waals surface area contributed by atoms with E-state index in [1.807, 2.05) is 0 Å². The molecule has 2 unspecified atom stereocenters. The van der Waals surface area contributed by atoms with Crippen LogP contribution in [0.2, 0.25) is 0 Å². The zero-order valence-corrected chi connectivity index (χ0v) is 9.21. The molecule has 4 heteroatoms. The van der Waals surface area contributed by atoms with Crippen LogP contribution in [0, 0.1) is 5.92 Å². The molecule has 0 heterocycles. The van der Waals surface area contributed by atoms with Crippen LogP contribution in [0.4, 0.5) is 0 Å². The SMILES string of the molecule is CCCN=C(NN)NC1CCC(C)C1. The summed E-state index contributed by atoms with van der Waals surface area (Å²) in [5.74, 6) is 6.96. The molecule has 0 spiro atoms. The fourth-order valence-corrected chi connectivity index (χ4v) is 1.89. The lowest BCUT2D eigenvalue weighted by Gasteiger charge is -2.15. The van der Waals surface area contributed by atoms with Crippen LogP contribution in [0.1, 0.15) is 39.5 Å². The van der Waals surface area contributed by atoms with Gasteiger partial charge in [-0.1, -0.05) is 13.8 Å². The van der Waals surface area contributed by atoms with Crippen LogP contribution in [-0.2, 0) is 0 Å². The van der Waals surface area contributed by atoms with Crippen LogP contribution >= 0.6 is 0 Å². The van der Waals surface area contributed by atoms with Crippen molar-refractivity contribution in [2.45, 2.75) is 45.6 Å². The van der Waals surface area contributed by atoms with E-state index in [9.17, 15) is 0 Å². The van der Waals surface area contributed by atoms with E-state index in [0.717, 1.165) is 24.8 Å². The predicted molar refractivity (Wildman–Crippen MR) is 59.9 cm³/mol. The van der Waals surface area contributed by atoms with Crippen molar-refractivity contribution >= 4 is 5.96 Å². The van der Waals surface area contributed by atoms with Gasteiger partial charge in [0.05, 0.1) is 0 Å². The van der Waals surface area contributed by atoms with E-state index < -0.39 is 0 Å². The molecule has 1 aliphatic rings. The zero-order valence-electron chi connectivity index (χ0n) is 9.21. The molecule has 1 fully saturated rings. The lowest BCUT2D eigenvalue weighted by Crippen LogP contribution is -2.45. The molecule has 0 amide bonds. The van der Waals surface area contributed by atoms with E-state index in [2.05, 4.69) is 29.6 Å². The molecule has 1 aliphatic carbocycles. The van der Waals surface area contributed by atoms with E-state index >= 15 is 0 Å². The zero-order chi connectivity index (χ0) is 10.4. The Morgan fingerprint density at radius 3 is 2.79 bits per heavy atom. The molecule has 0 radical (unpaired) electrons. The highest BCUT2D eigenvalue weighted by Crippen LogP contribution is 2.24. The third-order valence-corrected chi connectivity index (χ3v) is 2.67. The van der Waals surface area contributed by atoms with Crippen molar-refractivity contribution in [3.05, 3.63) is 0 Å². The lowest BCUT2D eigenvalue weighted by molar-refractivity contribution is 0.564. The minimum atomic E-state index is 0.552. The molecule has 0 aliphatic heterocycles. The van der Waals surface area contributed by atoms with Gasteiger partial charge in [-0.3, -0.25) is 10.4 Å². The highest BCUT2D eigenvalue weighted by Gasteiger charge is 2.21. The van der Waals surface area contributed by atoms with Crippen molar-refractivity contribution in [2.24, 2.45) is 16.8 Å². The number of nitrogens with two attached hydrogens (primary N) is 1. The maximum absolute atomic E-state index is 5.38. The van der Waals surface area contributed by atoms with Crippen LogP contribution in [0.3, 0.4) is 0 Å². The van der Waals surface area contributed by atoms with Gasteiger partial charge in [0.2, 0.25) is 5.96 Å². The molecule has 0 aromatic rings. The minimum Gasteiger partial charge on any atom is -0.353 e. The molecule has 82 valence electrons. The Balaban J connectivity index is 2.33. The lowest BCUT2D eigenvalue weighted by atomic mass is 10.1. The van der Waals surface area contributed by atoms with Crippen molar-refractivity contribution in [2.75, 3.05) is 6.54 Å². The van der Waals surface area contributed by atoms with Crippen molar-refractivity contribution < 1.29 is 0 Å². The molecule has 14 heavy (non-hydrogen) atoms. The number of nitrogens with one attached hydrogen (secondary N) is 2. The van der Waals surface area contributed by atoms with Crippen molar-refractivity contribution in [1.29, 1.82) is 0 Å². The Bertz CT molecular complexity index is 191. The van der Waals surface area contributed by atoms with E-state index in [1.54, 1.807) is 0 Å². The number of guanidine groups is 1. The molecule has 1 rings (SSSR count). The molecule has 4 nitrogen and oxygen atoms in total. The van der Waals surface area contributed by atoms with Crippen molar-refractivity contribution in [3.63, 3.8) is 0 Å². The van der Waals surface area contributed by atoms with E-state index in [4.69, 9.17) is 5.84 Å². The van der Waals surface area contributed by atoms with Gasteiger partial charge in [0.1, 0.15) is 0 Å². The number of aliphatic imine (C=N–C) groups is 1. The number of hydrogen-bond acceptors (Lipinski definition) is 2. The molecule has 0 bridgehead atoms. The first-order valence-electron chi connectivity index (χ1n) is 5.53.